The molecule has 1 aromatic carbocycles. The highest BCUT2D eigenvalue weighted by Crippen LogP contribution is 2.16. The highest BCUT2D eigenvalue weighted by molar-refractivity contribution is 6.11. The zero-order valence-electron chi connectivity index (χ0n) is 15.0. The number of likely N-dealkylation sites (tertiary alicyclic amines) is 1. The number of carboxylic acid groups (broad SMARTS) is 1. The van der Waals surface area contributed by atoms with Gasteiger partial charge < -0.3 is 9.94 Å². The highest BCUT2D eigenvalue weighted by Gasteiger charge is 2.25. The number of piperidine rings is 1. The van der Waals surface area contributed by atoms with Crippen molar-refractivity contribution in [2.75, 3.05) is 26.2 Å². The summed E-state index contributed by atoms with van der Waals surface area (Å²) < 4.78 is 0. The molecule has 2 aromatic rings. The molecule has 0 saturated carbocycles. The molecule has 1 aliphatic rings. The fraction of sp³-hybridized carbons (Fsp3) is 0.350. The van der Waals surface area contributed by atoms with Gasteiger partial charge in [-0.05, 0) is 31.5 Å². The van der Waals surface area contributed by atoms with Crippen molar-refractivity contribution in [1.82, 2.24) is 9.88 Å². The Morgan fingerprint density at radius 2 is 2.00 bits per heavy atom. The third-order valence-corrected chi connectivity index (χ3v) is 4.46. The largest absolute Gasteiger partial charge is 0.481 e. The van der Waals surface area contributed by atoms with E-state index in [1.165, 1.54) is 0 Å². The molecule has 0 amide bonds. The first-order chi connectivity index (χ1) is 12.7. The predicted molar refractivity (Wildman–Crippen MR) is 106 cm³/mol. The summed E-state index contributed by atoms with van der Waals surface area (Å²) in [6.45, 7) is 2.56. The van der Waals surface area contributed by atoms with Crippen LogP contribution in [-0.2, 0) is 9.63 Å². The average molecular weight is 390 g/mol. The molecule has 0 bridgehead atoms. The topological polar surface area (TPSA) is 75.0 Å². The van der Waals surface area contributed by atoms with Crippen LogP contribution < -0.4 is 0 Å². The van der Waals surface area contributed by atoms with Gasteiger partial charge in [-0.3, -0.25) is 14.7 Å². The standard InChI is InChI=1S/C20H23N3O3.ClH/c24-20(25)17-9-6-12-23(15-17)13-14-26-22-19(16-7-2-1-3-8-16)18-10-4-5-11-21-18;/h1-5,7-8,10-11,17H,6,9,12-15H2,(H,24,25);1H/b22-19-;. The molecule has 2 heterocycles. The van der Waals surface area contributed by atoms with Crippen molar-refractivity contribution in [3.63, 3.8) is 0 Å². The number of hydrogen-bond donors (Lipinski definition) is 1. The molecular weight excluding hydrogens is 366 g/mol. The van der Waals surface area contributed by atoms with E-state index in [4.69, 9.17) is 9.94 Å². The van der Waals surface area contributed by atoms with Crippen LogP contribution in [0.4, 0.5) is 0 Å². The number of halogens is 1. The van der Waals surface area contributed by atoms with Gasteiger partial charge in [-0.25, -0.2) is 0 Å². The van der Waals surface area contributed by atoms with Crippen LogP contribution in [0.5, 0.6) is 0 Å². The maximum Gasteiger partial charge on any atom is 0.307 e. The molecule has 0 aliphatic carbocycles. The molecule has 144 valence electrons. The summed E-state index contributed by atoms with van der Waals surface area (Å²) in [4.78, 5) is 23.2. The first-order valence-corrected chi connectivity index (χ1v) is 8.86. The lowest BCUT2D eigenvalue weighted by molar-refractivity contribution is -0.143. The van der Waals surface area contributed by atoms with Crippen molar-refractivity contribution in [2.24, 2.45) is 11.1 Å². The second-order valence-corrected chi connectivity index (χ2v) is 6.33. The van der Waals surface area contributed by atoms with Gasteiger partial charge >= 0.3 is 5.97 Å². The molecule has 1 N–H and O–H groups in total. The van der Waals surface area contributed by atoms with E-state index in [-0.39, 0.29) is 18.3 Å². The average Bonchev–Trinajstić information content (AvgIpc) is 2.69. The number of aliphatic carboxylic acids is 1. The molecule has 0 radical (unpaired) electrons. The molecule has 7 heteroatoms. The third kappa shape index (κ3) is 6.05. The summed E-state index contributed by atoms with van der Waals surface area (Å²) in [7, 11) is 0. The zero-order chi connectivity index (χ0) is 18.2. The molecule has 1 fully saturated rings. The zero-order valence-corrected chi connectivity index (χ0v) is 15.8. The molecule has 1 aromatic heterocycles. The van der Waals surface area contributed by atoms with Gasteiger partial charge in [0.25, 0.3) is 0 Å². The first-order valence-electron chi connectivity index (χ1n) is 8.86. The number of benzene rings is 1. The van der Waals surface area contributed by atoms with Crippen molar-refractivity contribution in [2.45, 2.75) is 12.8 Å². The molecule has 1 aliphatic heterocycles. The predicted octanol–water partition coefficient (Wildman–Crippen LogP) is 3.07. The number of carbonyl (C=O) groups is 1. The second-order valence-electron chi connectivity index (χ2n) is 6.33. The summed E-state index contributed by atoms with van der Waals surface area (Å²) in [5.74, 6) is -0.990. The minimum absolute atomic E-state index is 0. The van der Waals surface area contributed by atoms with Gasteiger partial charge in [0.1, 0.15) is 12.3 Å². The number of aromatic nitrogens is 1. The van der Waals surface area contributed by atoms with Crippen molar-refractivity contribution in [3.8, 4) is 0 Å². The fourth-order valence-electron chi connectivity index (χ4n) is 3.09. The van der Waals surface area contributed by atoms with E-state index in [9.17, 15) is 4.79 Å². The second kappa shape index (κ2) is 10.6. The summed E-state index contributed by atoms with van der Waals surface area (Å²) in [6.07, 6.45) is 3.39. The van der Waals surface area contributed by atoms with Crippen molar-refractivity contribution >= 4 is 24.1 Å². The monoisotopic (exact) mass is 389 g/mol. The molecule has 1 atom stereocenters. The van der Waals surface area contributed by atoms with Crippen molar-refractivity contribution in [3.05, 3.63) is 66.0 Å². The van der Waals surface area contributed by atoms with Gasteiger partial charge in [0.2, 0.25) is 0 Å². The van der Waals surface area contributed by atoms with E-state index in [1.54, 1.807) is 6.20 Å². The molecule has 0 spiro atoms. The van der Waals surface area contributed by atoms with Gasteiger partial charge in [0, 0.05) is 24.8 Å². The highest BCUT2D eigenvalue weighted by atomic mass is 35.5. The number of rotatable bonds is 7. The van der Waals surface area contributed by atoms with E-state index >= 15 is 0 Å². The quantitative estimate of drug-likeness (QED) is 0.447. The van der Waals surface area contributed by atoms with Crippen molar-refractivity contribution in [1.29, 1.82) is 0 Å². The molecule has 3 rings (SSSR count). The van der Waals surface area contributed by atoms with Crippen LogP contribution in [0.15, 0.2) is 59.9 Å². The summed E-state index contributed by atoms with van der Waals surface area (Å²) >= 11 is 0. The molecular formula is C20H24ClN3O3. The Morgan fingerprint density at radius 3 is 2.70 bits per heavy atom. The minimum atomic E-state index is -0.713. The maximum absolute atomic E-state index is 11.1. The Morgan fingerprint density at radius 1 is 1.22 bits per heavy atom. The van der Waals surface area contributed by atoms with Crippen LogP contribution in [0.1, 0.15) is 24.1 Å². The summed E-state index contributed by atoms with van der Waals surface area (Å²) in [5.41, 5.74) is 2.38. The maximum atomic E-state index is 11.1. The summed E-state index contributed by atoms with van der Waals surface area (Å²) in [6, 6.07) is 15.5. The SMILES string of the molecule is Cl.O=C(O)C1CCCN(CCO/N=C(/c2ccccc2)c2ccccn2)C1. The van der Waals surface area contributed by atoms with E-state index < -0.39 is 5.97 Å². The van der Waals surface area contributed by atoms with Crippen LogP contribution in [-0.4, -0.2) is 52.9 Å². The number of nitrogens with zero attached hydrogens (tertiary/aromatic N) is 3. The smallest absolute Gasteiger partial charge is 0.307 e. The molecule has 1 unspecified atom stereocenters. The lowest BCUT2D eigenvalue weighted by Gasteiger charge is -2.29. The lowest BCUT2D eigenvalue weighted by atomic mass is 9.98. The van der Waals surface area contributed by atoms with E-state index in [0.717, 1.165) is 30.6 Å². The van der Waals surface area contributed by atoms with E-state index in [1.807, 2.05) is 48.5 Å². The van der Waals surface area contributed by atoms with Gasteiger partial charge in [-0.15, -0.1) is 12.4 Å². The van der Waals surface area contributed by atoms with Gasteiger partial charge in [-0.1, -0.05) is 41.6 Å². The van der Waals surface area contributed by atoms with Gasteiger partial charge in [0.05, 0.1) is 11.6 Å². The first kappa shape index (κ1) is 20.9. The number of carboxylic acids is 1. The number of pyridine rings is 1. The Kier molecular flexibility index (Phi) is 8.23. The number of oxime groups is 1. The van der Waals surface area contributed by atoms with Gasteiger partial charge in [0.15, 0.2) is 0 Å². The Labute approximate surface area is 165 Å². The van der Waals surface area contributed by atoms with E-state index in [2.05, 4.69) is 15.0 Å². The number of hydrogen-bond acceptors (Lipinski definition) is 5. The van der Waals surface area contributed by atoms with Crippen LogP contribution in [0.25, 0.3) is 0 Å². The van der Waals surface area contributed by atoms with E-state index in [0.29, 0.717) is 25.4 Å². The van der Waals surface area contributed by atoms with Crippen LogP contribution in [0, 0.1) is 5.92 Å². The lowest BCUT2D eigenvalue weighted by Crippen LogP contribution is -2.40. The minimum Gasteiger partial charge on any atom is -0.481 e. The Balaban J connectivity index is 0.00000261. The normalized spacial score (nSPS) is 17.8. The molecule has 27 heavy (non-hydrogen) atoms. The van der Waals surface area contributed by atoms with Gasteiger partial charge in [-0.2, -0.15) is 0 Å². The van der Waals surface area contributed by atoms with Crippen molar-refractivity contribution < 1.29 is 14.7 Å². The molecule has 6 nitrogen and oxygen atoms in total. The van der Waals surface area contributed by atoms with Crippen LogP contribution >= 0.6 is 12.4 Å². The third-order valence-electron chi connectivity index (χ3n) is 4.46. The van der Waals surface area contributed by atoms with Crippen LogP contribution in [0.2, 0.25) is 0 Å². The van der Waals surface area contributed by atoms with Crippen LogP contribution in [0.3, 0.4) is 0 Å². The Hall–Kier alpha value is -2.44. The fourth-order valence-corrected chi connectivity index (χ4v) is 3.09. The summed E-state index contributed by atoms with van der Waals surface area (Å²) in [5, 5.41) is 13.5. The molecule has 1 saturated heterocycles. The Bertz CT molecular complexity index is 699.